The average molecular weight is 336 g/mol. The normalized spacial score (nSPS) is 22.3. The third-order valence-electron chi connectivity index (χ3n) is 4.94. The van der Waals surface area contributed by atoms with Crippen LogP contribution in [0.25, 0.3) is 0 Å². The van der Waals surface area contributed by atoms with Gasteiger partial charge in [-0.3, -0.25) is 14.4 Å². The van der Waals surface area contributed by atoms with E-state index in [1.165, 1.54) is 5.69 Å². The lowest BCUT2D eigenvalue weighted by atomic mass is 10.0. The fourth-order valence-corrected chi connectivity index (χ4v) is 3.47. The molecule has 0 radical (unpaired) electrons. The van der Waals surface area contributed by atoms with E-state index in [9.17, 15) is 4.79 Å². The van der Waals surface area contributed by atoms with Crippen LogP contribution in [-0.2, 0) is 20.8 Å². The van der Waals surface area contributed by atoms with Crippen molar-refractivity contribution in [2.45, 2.75) is 37.9 Å². The van der Waals surface area contributed by atoms with Gasteiger partial charge in [-0.1, -0.05) is 0 Å². The summed E-state index contributed by atoms with van der Waals surface area (Å²) in [7, 11) is 3.49. The first kappa shape index (κ1) is 17.4. The summed E-state index contributed by atoms with van der Waals surface area (Å²) in [6, 6.07) is 3.01. The molecule has 1 fully saturated rings. The molecule has 3 heterocycles. The van der Waals surface area contributed by atoms with Crippen LogP contribution in [0.15, 0.2) is 12.3 Å². The molecule has 2 aliphatic rings. The first-order valence-corrected chi connectivity index (χ1v) is 8.77. The quantitative estimate of drug-likeness (QED) is 0.723. The van der Waals surface area contributed by atoms with Crippen molar-refractivity contribution in [3.63, 3.8) is 0 Å². The van der Waals surface area contributed by atoms with Gasteiger partial charge in [-0.05, 0) is 25.3 Å². The maximum absolute atomic E-state index is 11.6. The number of amides is 1. The van der Waals surface area contributed by atoms with Gasteiger partial charge in [-0.15, -0.1) is 0 Å². The van der Waals surface area contributed by atoms with E-state index in [-0.39, 0.29) is 12.5 Å². The van der Waals surface area contributed by atoms with Crippen LogP contribution < -0.4 is 0 Å². The van der Waals surface area contributed by atoms with Crippen LogP contribution in [-0.4, -0.2) is 78.6 Å². The number of ether oxygens (including phenoxy) is 2. The molecule has 0 aromatic carbocycles. The maximum Gasteiger partial charge on any atom is 0.248 e. The zero-order valence-corrected chi connectivity index (χ0v) is 14.7. The summed E-state index contributed by atoms with van der Waals surface area (Å²) >= 11 is 0. The molecule has 0 aliphatic carbocycles. The van der Waals surface area contributed by atoms with Crippen LogP contribution in [0.2, 0.25) is 0 Å². The van der Waals surface area contributed by atoms with Crippen molar-refractivity contribution in [1.29, 1.82) is 0 Å². The summed E-state index contributed by atoms with van der Waals surface area (Å²) < 4.78 is 13.2. The highest BCUT2D eigenvalue weighted by Gasteiger charge is 2.30. The summed E-state index contributed by atoms with van der Waals surface area (Å²) in [6.45, 7) is 4.40. The van der Waals surface area contributed by atoms with Crippen LogP contribution in [0.4, 0.5) is 0 Å². The van der Waals surface area contributed by atoms with E-state index in [2.05, 4.69) is 20.7 Å². The smallest absolute Gasteiger partial charge is 0.248 e. The number of fused-ring (bicyclic) bond motifs is 1. The number of hydrogen-bond acceptors (Lipinski definition) is 5. The van der Waals surface area contributed by atoms with E-state index >= 15 is 0 Å². The number of rotatable bonds is 6. The van der Waals surface area contributed by atoms with Crippen molar-refractivity contribution < 1.29 is 14.3 Å². The first-order chi connectivity index (χ1) is 11.6. The molecule has 1 aromatic rings. The standard InChI is InChI=1S/C17H28N4O3/c1-19(2)17(22)13-24-10-6-16-12-20(14-4-8-23-9-5-14)11-15-3-7-18-21(15)16/h3,7,14,16H,4-6,8-13H2,1-2H3. The van der Waals surface area contributed by atoms with Crippen LogP contribution >= 0.6 is 0 Å². The van der Waals surface area contributed by atoms with Gasteiger partial charge >= 0.3 is 0 Å². The minimum Gasteiger partial charge on any atom is -0.381 e. The highest BCUT2D eigenvalue weighted by Crippen LogP contribution is 2.27. The molecule has 0 spiro atoms. The fourth-order valence-electron chi connectivity index (χ4n) is 3.47. The second kappa shape index (κ2) is 8.09. The van der Waals surface area contributed by atoms with Gasteiger partial charge in [-0.2, -0.15) is 5.10 Å². The number of hydrogen-bond donors (Lipinski definition) is 0. The van der Waals surface area contributed by atoms with E-state index in [0.717, 1.165) is 45.6 Å². The second-order valence-corrected chi connectivity index (χ2v) is 6.82. The maximum atomic E-state index is 11.6. The molecule has 0 N–H and O–H groups in total. The summed E-state index contributed by atoms with van der Waals surface area (Å²) in [5.41, 5.74) is 1.27. The lowest BCUT2D eigenvalue weighted by Crippen LogP contribution is -2.46. The van der Waals surface area contributed by atoms with Crippen molar-refractivity contribution in [3.05, 3.63) is 18.0 Å². The second-order valence-electron chi connectivity index (χ2n) is 6.82. The molecule has 1 aromatic heterocycles. The molecular weight excluding hydrogens is 308 g/mol. The number of carbonyl (C=O) groups is 1. The van der Waals surface area contributed by atoms with Crippen molar-refractivity contribution in [2.24, 2.45) is 0 Å². The third kappa shape index (κ3) is 4.15. The molecule has 7 heteroatoms. The predicted molar refractivity (Wildman–Crippen MR) is 89.6 cm³/mol. The molecule has 24 heavy (non-hydrogen) atoms. The Morgan fingerprint density at radius 2 is 2.21 bits per heavy atom. The minimum absolute atomic E-state index is 0.00209. The number of nitrogens with zero attached hydrogens (tertiary/aromatic N) is 4. The molecule has 134 valence electrons. The summed E-state index contributed by atoms with van der Waals surface area (Å²) in [4.78, 5) is 15.7. The minimum atomic E-state index is 0.00209. The Morgan fingerprint density at radius 1 is 1.42 bits per heavy atom. The van der Waals surface area contributed by atoms with Gasteiger partial charge in [0, 0.05) is 59.2 Å². The van der Waals surface area contributed by atoms with E-state index in [4.69, 9.17) is 9.47 Å². The summed E-state index contributed by atoms with van der Waals surface area (Å²) in [6.07, 6.45) is 4.96. The molecule has 1 unspecified atom stereocenters. The van der Waals surface area contributed by atoms with Crippen LogP contribution in [0.1, 0.15) is 31.0 Å². The average Bonchev–Trinajstić information content (AvgIpc) is 3.07. The Morgan fingerprint density at radius 3 is 2.96 bits per heavy atom. The Kier molecular flexibility index (Phi) is 5.86. The number of carbonyl (C=O) groups excluding carboxylic acids is 1. The molecule has 2 aliphatic heterocycles. The first-order valence-electron chi connectivity index (χ1n) is 8.77. The number of likely N-dealkylation sites (N-methyl/N-ethyl adjacent to an activating group) is 1. The SMILES string of the molecule is CN(C)C(=O)COCCC1CN(C2CCOCC2)Cc2ccnn21. The molecule has 1 atom stereocenters. The van der Waals surface area contributed by atoms with Crippen molar-refractivity contribution in [1.82, 2.24) is 19.6 Å². The Labute approximate surface area is 143 Å². The highest BCUT2D eigenvalue weighted by atomic mass is 16.5. The molecule has 3 rings (SSSR count). The van der Waals surface area contributed by atoms with E-state index in [0.29, 0.717) is 18.7 Å². The lowest BCUT2D eigenvalue weighted by Gasteiger charge is -2.40. The van der Waals surface area contributed by atoms with Crippen LogP contribution in [0, 0.1) is 0 Å². The Hall–Kier alpha value is -1.44. The molecule has 0 bridgehead atoms. The van der Waals surface area contributed by atoms with Gasteiger partial charge in [0.1, 0.15) is 6.61 Å². The number of aromatic nitrogens is 2. The fraction of sp³-hybridized carbons (Fsp3) is 0.765. The van der Waals surface area contributed by atoms with E-state index in [1.807, 2.05) is 6.20 Å². The molecule has 1 saturated heterocycles. The van der Waals surface area contributed by atoms with Crippen LogP contribution in [0.5, 0.6) is 0 Å². The zero-order chi connectivity index (χ0) is 16.9. The van der Waals surface area contributed by atoms with Gasteiger partial charge in [0.2, 0.25) is 5.91 Å². The molecule has 7 nitrogen and oxygen atoms in total. The molecule has 0 saturated carbocycles. The highest BCUT2D eigenvalue weighted by molar-refractivity contribution is 5.76. The Bertz CT molecular complexity index is 540. The van der Waals surface area contributed by atoms with Gasteiger partial charge in [-0.25, -0.2) is 0 Å². The van der Waals surface area contributed by atoms with Crippen molar-refractivity contribution >= 4 is 5.91 Å². The summed E-state index contributed by atoms with van der Waals surface area (Å²) in [5.74, 6) is 0.00209. The summed E-state index contributed by atoms with van der Waals surface area (Å²) in [5, 5.41) is 4.49. The Balaban J connectivity index is 1.55. The lowest BCUT2D eigenvalue weighted by molar-refractivity contribution is -0.133. The van der Waals surface area contributed by atoms with Crippen molar-refractivity contribution in [2.75, 3.05) is 47.1 Å². The largest absolute Gasteiger partial charge is 0.381 e. The zero-order valence-electron chi connectivity index (χ0n) is 14.7. The van der Waals surface area contributed by atoms with E-state index in [1.54, 1.807) is 19.0 Å². The molecular formula is C17H28N4O3. The topological polar surface area (TPSA) is 59.8 Å². The monoisotopic (exact) mass is 336 g/mol. The molecule has 1 amide bonds. The van der Waals surface area contributed by atoms with Gasteiger partial charge in [0.25, 0.3) is 0 Å². The van der Waals surface area contributed by atoms with E-state index < -0.39 is 0 Å². The van der Waals surface area contributed by atoms with Gasteiger partial charge < -0.3 is 14.4 Å². The van der Waals surface area contributed by atoms with Gasteiger partial charge in [0.05, 0.1) is 11.7 Å². The predicted octanol–water partition coefficient (Wildman–Crippen LogP) is 0.914. The third-order valence-corrected chi connectivity index (χ3v) is 4.94. The van der Waals surface area contributed by atoms with Crippen molar-refractivity contribution in [3.8, 4) is 0 Å². The van der Waals surface area contributed by atoms with Gasteiger partial charge in [0.15, 0.2) is 0 Å². The van der Waals surface area contributed by atoms with Crippen LogP contribution in [0.3, 0.4) is 0 Å².